The molecule has 0 aromatic carbocycles. The molecule has 0 spiro atoms. The topological polar surface area (TPSA) is 70.4 Å². The third-order valence-corrected chi connectivity index (χ3v) is 3.00. The smallest absolute Gasteiger partial charge is 0.273 e. The number of nitrogens with zero attached hydrogens (tertiary/aromatic N) is 3. The fourth-order valence-corrected chi connectivity index (χ4v) is 1.75. The van der Waals surface area contributed by atoms with Crippen LogP contribution in [0, 0.1) is 6.92 Å². The summed E-state index contributed by atoms with van der Waals surface area (Å²) < 4.78 is 1.55. The average molecular weight is 275 g/mol. The SMILES string of the molecule is Cc1c(Cl)c(C(=O)NCC(O)CN(C)C)nn1C. The Hall–Kier alpha value is -1.11. The van der Waals surface area contributed by atoms with E-state index in [0.29, 0.717) is 11.6 Å². The first kappa shape index (κ1) is 14.9. The molecular formula is C11H19ClN4O2. The summed E-state index contributed by atoms with van der Waals surface area (Å²) in [5.41, 5.74) is 0.921. The lowest BCUT2D eigenvalue weighted by atomic mass is 10.3. The third kappa shape index (κ3) is 3.69. The molecule has 0 aliphatic heterocycles. The number of carbonyl (C=O) groups is 1. The second-order valence-corrected chi connectivity index (χ2v) is 4.88. The predicted molar refractivity (Wildman–Crippen MR) is 69.8 cm³/mol. The van der Waals surface area contributed by atoms with Gasteiger partial charge in [0.15, 0.2) is 5.69 Å². The quantitative estimate of drug-likeness (QED) is 0.795. The number of aliphatic hydroxyl groups excluding tert-OH is 1. The van der Waals surface area contributed by atoms with Crippen molar-refractivity contribution in [2.45, 2.75) is 13.0 Å². The second kappa shape index (κ2) is 6.17. The number of amides is 1. The highest BCUT2D eigenvalue weighted by atomic mass is 35.5. The molecule has 7 heteroatoms. The maximum atomic E-state index is 11.8. The monoisotopic (exact) mass is 274 g/mol. The van der Waals surface area contributed by atoms with E-state index in [9.17, 15) is 9.90 Å². The zero-order chi connectivity index (χ0) is 13.9. The summed E-state index contributed by atoms with van der Waals surface area (Å²) in [7, 11) is 5.42. The van der Waals surface area contributed by atoms with Crippen LogP contribution in [-0.2, 0) is 7.05 Å². The van der Waals surface area contributed by atoms with E-state index in [1.807, 2.05) is 19.0 Å². The minimum absolute atomic E-state index is 0.170. The van der Waals surface area contributed by atoms with E-state index in [4.69, 9.17) is 11.6 Å². The molecule has 1 amide bonds. The van der Waals surface area contributed by atoms with Crippen LogP contribution < -0.4 is 5.32 Å². The highest BCUT2D eigenvalue weighted by Gasteiger charge is 2.18. The molecule has 0 saturated carbocycles. The van der Waals surface area contributed by atoms with Crippen LogP contribution >= 0.6 is 11.6 Å². The molecule has 1 aromatic rings. The van der Waals surface area contributed by atoms with Gasteiger partial charge in [-0.2, -0.15) is 5.10 Å². The van der Waals surface area contributed by atoms with Gasteiger partial charge in [0.25, 0.3) is 5.91 Å². The van der Waals surface area contributed by atoms with E-state index in [0.717, 1.165) is 5.69 Å². The van der Waals surface area contributed by atoms with E-state index < -0.39 is 6.10 Å². The van der Waals surface area contributed by atoms with Crippen LogP contribution in [0.25, 0.3) is 0 Å². The minimum atomic E-state index is -0.618. The molecule has 1 heterocycles. The van der Waals surface area contributed by atoms with Gasteiger partial charge in [-0.15, -0.1) is 0 Å². The summed E-state index contributed by atoms with van der Waals surface area (Å²) >= 11 is 5.99. The first-order chi connectivity index (χ1) is 8.32. The Morgan fingerprint density at radius 3 is 2.67 bits per heavy atom. The Bertz CT molecular complexity index is 431. The molecule has 2 N–H and O–H groups in total. The van der Waals surface area contributed by atoms with Crippen LogP contribution in [0.1, 0.15) is 16.2 Å². The zero-order valence-corrected chi connectivity index (χ0v) is 11.8. The second-order valence-electron chi connectivity index (χ2n) is 4.50. The van der Waals surface area contributed by atoms with Gasteiger partial charge in [-0.1, -0.05) is 11.6 Å². The molecule has 0 aliphatic rings. The van der Waals surface area contributed by atoms with Crippen LogP contribution in [0.5, 0.6) is 0 Å². The number of rotatable bonds is 5. The van der Waals surface area contributed by atoms with Crippen molar-refractivity contribution in [1.29, 1.82) is 0 Å². The van der Waals surface area contributed by atoms with Crippen molar-refractivity contribution in [2.24, 2.45) is 7.05 Å². The Balaban J connectivity index is 2.58. The average Bonchev–Trinajstić information content (AvgIpc) is 2.53. The van der Waals surface area contributed by atoms with Crippen LogP contribution in [0.3, 0.4) is 0 Å². The lowest BCUT2D eigenvalue weighted by molar-refractivity contribution is 0.0887. The fraction of sp³-hybridized carbons (Fsp3) is 0.636. The third-order valence-electron chi connectivity index (χ3n) is 2.55. The molecule has 18 heavy (non-hydrogen) atoms. The lowest BCUT2D eigenvalue weighted by Crippen LogP contribution is -2.38. The van der Waals surface area contributed by atoms with Crippen molar-refractivity contribution >= 4 is 17.5 Å². The summed E-state index contributed by atoms with van der Waals surface area (Å²) in [6.07, 6.45) is -0.618. The van der Waals surface area contributed by atoms with Gasteiger partial charge in [-0.3, -0.25) is 9.48 Å². The van der Waals surface area contributed by atoms with E-state index >= 15 is 0 Å². The normalized spacial score (nSPS) is 12.8. The number of aryl methyl sites for hydroxylation is 1. The van der Waals surface area contributed by atoms with E-state index in [-0.39, 0.29) is 18.1 Å². The molecule has 1 atom stereocenters. The summed E-state index contributed by atoms with van der Waals surface area (Å²) in [6, 6.07) is 0. The van der Waals surface area contributed by atoms with Gasteiger partial charge < -0.3 is 15.3 Å². The first-order valence-electron chi connectivity index (χ1n) is 5.63. The van der Waals surface area contributed by atoms with Crippen molar-refractivity contribution in [1.82, 2.24) is 20.0 Å². The van der Waals surface area contributed by atoms with E-state index in [2.05, 4.69) is 10.4 Å². The molecule has 0 bridgehead atoms. The summed E-state index contributed by atoms with van der Waals surface area (Å²) in [5, 5.41) is 16.6. The van der Waals surface area contributed by atoms with Crippen molar-refractivity contribution in [3.8, 4) is 0 Å². The Morgan fingerprint density at radius 1 is 1.61 bits per heavy atom. The number of hydrogen-bond donors (Lipinski definition) is 2. The van der Waals surface area contributed by atoms with Crippen LogP contribution in [-0.4, -0.2) is 59.0 Å². The Labute approximate surface area is 112 Å². The maximum Gasteiger partial charge on any atom is 0.273 e. The number of hydrogen-bond acceptors (Lipinski definition) is 4. The Kier molecular flexibility index (Phi) is 5.13. The van der Waals surface area contributed by atoms with Gasteiger partial charge in [0, 0.05) is 20.1 Å². The molecule has 102 valence electrons. The Morgan fingerprint density at radius 2 is 2.22 bits per heavy atom. The number of likely N-dealkylation sites (N-methyl/N-ethyl adjacent to an activating group) is 1. The standard InChI is InChI=1S/C11H19ClN4O2/c1-7-9(12)10(14-16(7)4)11(18)13-5-8(17)6-15(2)3/h8,17H,5-6H2,1-4H3,(H,13,18). The minimum Gasteiger partial charge on any atom is -0.390 e. The molecule has 1 rings (SSSR count). The van der Waals surface area contributed by atoms with Gasteiger partial charge >= 0.3 is 0 Å². The van der Waals surface area contributed by atoms with Gasteiger partial charge in [0.05, 0.1) is 16.8 Å². The van der Waals surface area contributed by atoms with E-state index in [1.54, 1.807) is 18.7 Å². The molecule has 0 aliphatic carbocycles. The number of carbonyl (C=O) groups excluding carboxylic acids is 1. The lowest BCUT2D eigenvalue weighted by Gasteiger charge is -2.15. The summed E-state index contributed by atoms with van der Waals surface area (Å²) in [6.45, 7) is 2.44. The molecular weight excluding hydrogens is 256 g/mol. The largest absolute Gasteiger partial charge is 0.390 e. The molecule has 6 nitrogen and oxygen atoms in total. The molecule has 0 saturated heterocycles. The molecule has 0 fully saturated rings. The number of aromatic nitrogens is 2. The predicted octanol–water partition coefficient (Wildman–Crippen LogP) is 0.0342. The van der Waals surface area contributed by atoms with Crippen LogP contribution in [0.2, 0.25) is 5.02 Å². The van der Waals surface area contributed by atoms with E-state index in [1.165, 1.54) is 0 Å². The molecule has 1 unspecified atom stereocenters. The van der Waals surface area contributed by atoms with Crippen LogP contribution in [0.15, 0.2) is 0 Å². The van der Waals surface area contributed by atoms with Crippen LogP contribution in [0.4, 0.5) is 0 Å². The van der Waals surface area contributed by atoms with Crippen molar-refractivity contribution in [2.75, 3.05) is 27.2 Å². The van der Waals surface area contributed by atoms with Gasteiger partial charge in [0.2, 0.25) is 0 Å². The fourth-order valence-electron chi connectivity index (χ4n) is 1.51. The van der Waals surface area contributed by atoms with Crippen molar-refractivity contribution in [3.05, 3.63) is 16.4 Å². The molecule has 0 radical (unpaired) electrons. The number of aliphatic hydroxyl groups is 1. The summed E-state index contributed by atoms with van der Waals surface area (Å²) in [5.74, 6) is -0.374. The van der Waals surface area contributed by atoms with Gasteiger partial charge in [-0.05, 0) is 21.0 Å². The first-order valence-corrected chi connectivity index (χ1v) is 6.00. The maximum absolute atomic E-state index is 11.8. The highest BCUT2D eigenvalue weighted by Crippen LogP contribution is 2.18. The number of halogens is 1. The molecule has 1 aromatic heterocycles. The van der Waals surface area contributed by atoms with Crippen molar-refractivity contribution < 1.29 is 9.90 Å². The van der Waals surface area contributed by atoms with Gasteiger partial charge in [0.1, 0.15) is 0 Å². The summed E-state index contributed by atoms with van der Waals surface area (Å²) in [4.78, 5) is 13.7. The van der Waals surface area contributed by atoms with Gasteiger partial charge in [-0.25, -0.2) is 0 Å². The highest BCUT2D eigenvalue weighted by molar-refractivity contribution is 6.34. The van der Waals surface area contributed by atoms with Crippen molar-refractivity contribution in [3.63, 3.8) is 0 Å². The zero-order valence-electron chi connectivity index (χ0n) is 11.1. The number of nitrogens with one attached hydrogen (secondary N) is 1.